The molecule has 1 aliphatic rings. The maximum Gasteiger partial charge on any atom is 0.222 e. The number of imidazole rings is 1. The van der Waals surface area contributed by atoms with Gasteiger partial charge in [-0.1, -0.05) is 35.9 Å². The number of nitrogens with zero attached hydrogens (tertiary/aromatic N) is 2. The number of H-pyrrole nitrogens is 1. The molecule has 0 radical (unpaired) electrons. The lowest BCUT2D eigenvalue weighted by Crippen LogP contribution is -2.39. The van der Waals surface area contributed by atoms with E-state index < -0.39 is 0 Å². The van der Waals surface area contributed by atoms with E-state index in [0.717, 1.165) is 49.2 Å². The molecule has 4 nitrogen and oxygen atoms in total. The van der Waals surface area contributed by atoms with E-state index in [4.69, 9.17) is 4.98 Å². The second-order valence-electron chi connectivity index (χ2n) is 7.75. The maximum absolute atomic E-state index is 12.8. The van der Waals surface area contributed by atoms with Gasteiger partial charge in [0.05, 0.1) is 11.0 Å². The normalized spacial score (nSPS) is 17.4. The van der Waals surface area contributed by atoms with Crippen molar-refractivity contribution in [2.75, 3.05) is 13.1 Å². The third-order valence-corrected chi connectivity index (χ3v) is 5.67. The first kappa shape index (κ1) is 17.8. The third kappa shape index (κ3) is 3.90. The summed E-state index contributed by atoms with van der Waals surface area (Å²) in [5, 5.41) is 0. The van der Waals surface area contributed by atoms with Crippen LogP contribution in [-0.4, -0.2) is 33.9 Å². The summed E-state index contributed by atoms with van der Waals surface area (Å²) in [6.07, 6.45) is 3.52. The van der Waals surface area contributed by atoms with Crippen LogP contribution in [0.1, 0.15) is 47.7 Å². The Kier molecular flexibility index (Phi) is 4.97. The fourth-order valence-corrected chi connectivity index (χ4v) is 4.12. The Hall–Kier alpha value is -2.62. The highest BCUT2D eigenvalue weighted by atomic mass is 16.2. The molecule has 1 saturated heterocycles. The molecule has 3 aromatic rings. The van der Waals surface area contributed by atoms with E-state index in [1.54, 1.807) is 0 Å². The quantitative estimate of drug-likeness (QED) is 0.743. The van der Waals surface area contributed by atoms with E-state index in [1.807, 2.05) is 23.1 Å². The number of carbonyl (C=O) groups excluding carboxylic acids is 1. The van der Waals surface area contributed by atoms with Gasteiger partial charge in [-0.3, -0.25) is 4.79 Å². The van der Waals surface area contributed by atoms with Crippen LogP contribution in [0.2, 0.25) is 0 Å². The highest BCUT2D eigenvalue weighted by Crippen LogP contribution is 2.27. The van der Waals surface area contributed by atoms with E-state index in [0.29, 0.717) is 12.3 Å². The number of amides is 1. The third-order valence-electron chi connectivity index (χ3n) is 5.67. The smallest absolute Gasteiger partial charge is 0.222 e. The highest BCUT2D eigenvalue weighted by Gasteiger charge is 2.26. The number of rotatable bonds is 4. The SMILES string of the molecule is Cc1ccc(CCC(=O)N2CCCC(c3nc4ccccc4[nH]3)C2)c(C)c1. The zero-order valence-electron chi connectivity index (χ0n) is 16.2. The highest BCUT2D eigenvalue weighted by molar-refractivity contribution is 5.77. The molecule has 4 heteroatoms. The van der Waals surface area contributed by atoms with Crippen LogP contribution >= 0.6 is 0 Å². The fraction of sp³-hybridized carbons (Fsp3) is 0.391. The molecule has 140 valence electrons. The van der Waals surface area contributed by atoms with Crippen LogP contribution in [0, 0.1) is 13.8 Å². The maximum atomic E-state index is 12.8. The molecule has 1 unspecified atom stereocenters. The first-order chi connectivity index (χ1) is 13.1. The molecule has 1 amide bonds. The van der Waals surface area contributed by atoms with E-state index in [1.165, 1.54) is 16.7 Å². The number of likely N-dealkylation sites (tertiary alicyclic amines) is 1. The standard InChI is InChI=1S/C23H27N3O/c1-16-9-10-18(17(2)14-16)11-12-22(27)26-13-5-6-19(15-26)23-24-20-7-3-4-8-21(20)25-23/h3-4,7-10,14,19H,5-6,11-13,15H2,1-2H3,(H,24,25). The van der Waals surface area contributed by atoms with Crippen molar-refractivity contribution in [3.8, 4) is 0 Å². The zero-order valence-corrected chi connectivity index (χ0v) is 16.2. The Balaban J connectivity index is 1.40. The molecular weight excluding hydrogens is 334 g/mol. The van der Waals surface area contributed by atoms with Crippen LogP contribution in [0.4, 0.5) is 0 Å². The van der Waals surface area contributed by atoms with Crippen LogP contribution in [0.3, 0.4) is 0 Å². The number of nitrogens with one attached hydrogen (secondary N) is 1. The number of hydrogen-bond donors (Lipinski definition) is 1. The van der Waals surface area contributed by atoms with Gasteiger partial charge in [0, 0.05) is 25.4 Å². The average Bonchev–Trinajstić information content (AvgIpc) is 3.11. The molecule has 0 saturated carbocycles. The Bertz CT molecular complexity index is 926. The van der Waals surface area contributed by atoms with Crippen molar-refractivity contribution in [1.82, 2.24) is 14.9 Å². The molecular formula is C23H27N3O. The van der Waals surface area contributed by atoms with Crippen LogP contribution in [0.25, 0.3) is 11.0 Å². The lowest BCUT2D eigenvalue weighted by atomic mass is 9.96. The van der Waals surface area contributed by atoms with Crippen molar-refractivity contribution < 1.29 is 4.79 Å². The van der Waals surface area contributed by atoms with Crippen molar-refractivity contribution in [3.05, 3.63) is 65.0 Å². The van der Waals surface area contributed by atoms with Crippen molar-refractivity contribution in [1.29, 1.82) is 0 Å². The summed E-state index contributed by atoms with van der Waals surface area (Å²) >= 11 is 0. The molecule has 4 rings (SSSR count). The molecule has 1 fully saturated rings. The van der Waals surface area contributed by atoms with Crippen molar-refractivity contribution in [2.24, 2.45) is 0 Å². The number of para-hydroxylation sites is 2. The van der Waals surface area contributed by atoms with Crippen molar-refractivity contribution in [3.63, 3.8) is 0 Å². The van der Waals surface area contributed by atoms with Crippen molar-refractivity contribution in [2.45, 2.75) is 45.4 Å². The van der Waals surface area contributed by atoms with Gasteiger partial charge in [0.25, 0.3) is 0 Å². The lowest BCUT2D eigenvalue weighted by Gasteiger charge is -2.32. The summed E-state index contributed by atoms with van der Waals surface area (Å²) in [4.78, 5) is 23.0. The van der Waals surface area contributed by atoms with E-state index in [-0.39, 0.29) is 5.91 Å². The van der Waals surface area contributed by atoms with Gasteiger partial charge in [-0.2, -0.15) is 0 Å². The predicted molar refractivity (Wildman–Crippen MR) is 109 cm³/mol. The lowest BCUT2D eigenvalue weighted by molar-refractivity contribution is -0.132. The molecule has 0 bridgehead atoms. The van der Waals surface area contributed by atoms with Gasteiger partial charge in [-0.15, -0.1) is 0 Å². The number of aromatic nitrogens is 2. The molecule has 1 aliphatic heterocycles. The summed E-state index contributed by atoms with van der Waals surface area (Å²) in [6, 6.07) is 14.6. The number of hydrogen-bond acceptors (Lipinski definition) is 2. The number of aryl methyl sites for hydroxylation is 3. The minimum atomic E-state index is 0.260. The molecule has 0 spiro atoms. The molecule has 0 aliphatic carbocycles. The topological polar surface area (TPSA) is 49.0 Å². The average molecular weight is 361 g/mol. The molecule has 27 heavy (non-hydrogen) atoms. The summed E-state index contributed by atoms with van der Waals surface area (Å²) < 4.78 is 0. The monoisotopic (exact) mass is 361 g/mol. The number of fused-ring (bicyclic) bond motifs is 1. The van der Waals surface area contributed by atoms with Gasteiger partial charge in [-0.25, -0.2) is 4.98 Å². The summed E-state index contributed by atoms with van der Waals surface area (Å²) in [5.74, 6) is 1.58. The Morgan fingerprint density at radius 3 is 2.89 bits per heavy atom. The summed E-state index contributed by atoms with van der Waals surface area (Å²) in [5.41, 5.74) is 5.91. The number of piperidine rings is 1. The molecule has 1 N–H and O–H groups in total. The fourth-order valence-electron chi connectivity index (χ4n) is 4.12. The first-order valence-corrected chi connectivity index (χ1v) is 9.89. The Labute approximate surface area is 160 Å². The Morgan fingerprint density at radius 1 is 1.22 bits per heavy atom. The molecule has 1 atom stereocenters. The van der Waals surface area contributed by atoms with Crippen LogP contribution in [0.15, 0.2) is 42.5 Å². The zero-order chi connectivity index (χ0) is 18.8. The largest absolute Gasteiger partial charge is 0.342 e. The van der Waals surface area contributed by atoms with Crippen LogP contribution < -0.4 is 0 Å². The van der Waals surface area contributed by atoms with Gasteiger partial charge < -0.3 is 9.88 Å². The van der Waals surface area contributed by atoms with Gasteiger partial charge >= 0.3 is 0 Å². The number of benzene rings is 2. The van der Waals surface area contributed by atoms with Gasteiger partial charge in [0.15, 0.2) is 0 Å². The van der Waals surface area contributed by atoms with Gasteiger partial charge in [0.2, 0.25) is 5.91 Å². The van der Waals surface area contributed by atoms with Crippen LogP contribution in [0.5, 0.6) is 0 Å². The number of carbonyl (C=O) groups is 1. The number of aromatic amines is 1. The minimum Gasteiger partial charge on any atom is -0.342 e. The molecule has 2 aromatic carbocycles. The van der Waals surface area contributed by atoms with Gasteiger partial charge in [-0.05, 0) is 56.4 Å². The van der Waals surface area contributed by atoms with E-state index in [9.17, 15) is 4.79 Å². The minimum absolute atomic E-state index is 0.260. The van der Waals surface area contributed by atoms with E-state index in [2.05, 4.69) is 43.1 Å². The second-order valence-corrected chi connectivity index (χ2v) is 7.75. The van der Waals surface area contributed by atoms with E-state index >= 15 is 0 Å². The van der Waals surface area contributed by atoms with Crippen molar-refractivity contribution >= 4 is 16.9 Å². The second kappa shape index (κ2) is 7.55. The first-order valence-electron chi connectivity index (χ1n) is 9.89. The van der Waals surface area contributed by atoms with Crippen LogP contribution in [-0.2, 0) is 11.2 Å². The predicted octanol–water partition coefficient (Wildman–Crippen LogP) is 4.52. The van der Waals surface area contributed by atoms with Gasteiger partial charge in [0.1, 0.15) is 5.82 Å². The molecule has 2 heterocycles. The summed E-state index contributed by atoms with van der Waals surface area (Å²) in [6.45, 7) is 5.87. The Morgan fingerprint density at radius 2 is 2.07 bits per heavy atom. The summed E-state index contributed by atoms with van der Waals surface area (Å²) in [7, 11) is 0. The molecule has 1 aromatic heterocycles.